The number of nitrogens with one attached hydrogen (secondary N) is 1. The van der Waals surface area contributed by atoms with Crippen LogP contribution in [0.25, 0.3) is 0 Å². The molecule has 0 aliphatic rings. The zero-order valence-corrected chi connectivity index (χ0v) is 7.05. The lowest BCUT2D eigenvalue weighted by molar-refractivity contribution is -0.274. The van der Waals surface area contributed by atoms with Crippen molar-refractivity contribution in [2.24, 2.45) is 0 Å². The smallest absolute Gasteiger partial charge is 0.403 e. The van der Waals surface area contributed by atoms with Gasteiger partial charge < -0.3 is 15.5 Å². The molecule has 15 heavy (non-hydrogen) atoms. The molecular formula is C7H4F3N3O2. The highest BCUT2D eigenvalue weighted by molar-refractivity contribution is 5.52. The van der Waals surface area contributed by atoms with Crippen LogP contribution in [0.2, 0.25) is 0 Å². The van der Waals surface area contributed by atoms with E-state index < -0.39 is 23.4 Å². The van der Waals surface area contributed by atoms with E-state index in [1.807, 2.05) is 4.98 Å². The molecule has 0 bridgehead atoms. The van der Waals surface area contributed by atoms with Gasteiger partial charge in [0.1, 0.15) is 17.5 Å². The van der Waals surface area contributed by atoms with Crippen LogP contribution in [-0.2, 0) is 0 Å². The summed E-state index contributed by atoms with van der Waals surface area (Å²) in [7, 11) is 0. The molecule has 0 unspecified atom stereocenters. The Morgan fingerprint density at radius 3 is 2.60 bits per heavy atom. The van der Waals surface area contributed by atoms with E-state index >= 15 is 0 Å². The molecule has 0 aliphatic carbocycles. The van der Waals surface area contributed by atoms with Crippen molar-refractivity contribution in [3.63, 3.8) is 0 Å². The molecule has 1 aromatic rings. The Labute approximate surface area is 80.9 Å². The van der Waals surface area contributed by atoms with Gasteiger partial charge in [-0.25, -0.2) is 0 Å². The molecule has 0 radical (unpaired) electrons. The van der Waals surface area contributed by atoms with E-state index in [2.05, 4.69) is 4.74 Å². The van der Waals surface area contributed by atoms with Gasteiger partial charge >= 0.3 is 6.36 Å². The van der Waals surface area contributed by atoms with Crippen LogP contribution >= 0.6 is 0 Å². The van der Waals surface area contributed by atoms with E-state index in [9.17, 15) is 18.0 Å². The predicted octanol–water partition coefficient (Wildman–Crippen LogP) is 0.727. The normalized spacial score (nSPS) is 10.8. The number of anilines is 1. The molecule has 0 spiro atoms. The minimum atomic E-state index is -4.96. The molecular weight excluding hydrogens is 215 g/mol. The maximum Gasteiger partial charge on any atom is 0.573 e. The lowest BCUT2D eigenvalue weighted by Gasteiger charge is -2.10. The van der Waals surface area contributed by atoms with Crippen LogP contribution in [0.5, 0.6) is 5.75 Å². The van der Waals surface area contributed by atoms with E-state index in [-0.39, 0.29) is 5.69 Å². The summed E-state index contributed by atoms with van der Waals surface area (Å²) >= 11 is 0. The molecule has 0 fully saturated rings. The van der Waals surface area contributed by atoms with Gasteiger partial charge in [-0.3, -0.25) is 4.79 Å². The van der Waals surface area contributed by atoms with Crippen molar-refractivity contribution >= 4 is 5.69 Å². The number of halogens is 3. The molecule has 80 valence electrons. The number of rotatable bonds is 1. The second kappa shape index (κ2) is 3.53. The van der Waals surface area contributed by atoms with Crippen LogP contribution in [0.15, 0.2) is 10.9 Å². The molecule has 0 atom stereocenters. The summed E-state index contributed by atoms with van der Waals surface area (Å²) in [5.74, 6) is -0.886. The highest BCUT2D eigenvalue weighted by Crippen LogP contribution is 2.25. The molecule has 1 rings (SSSR count). The third-order valence-electron chi connectivity index (χ3n) is 1.38. The Morgan fingerprint density at radius 2 is 2.13 bits per heavy atom. The van der Waals surface area contributed by atoms with E-state index in [4.69, 9.17) is 11.0 Å². The number of alkyl halides is 3. The van der Waals surface area contributed by atoms with Crippen LogP contribution < -0.4 is 16.0 Å². The monoisotopic (exact) mass is 219 g/mol. The van der Waals surface area contributed by atoms with Crippen LogP contribution in [0.4, 0.5) is 18.9 Å². The molecule has 0 aromatic carbocycles. The van der Waals surface area contributed by atoms with E-state index in [0.717, 1.165) is 0 Å². The van der Waals surface area contributed by atoms with Gasteiger partial charge in [-0.05, 0) is 0 Å². The first-order valence-corrected chi connectivity index (χ1v) is 3.52. The average Bonchev–Trinajstić information content (AvgIpc) is 2.10. The highest BCUT2D eigenvalue weighted by atomic mass is 19.4. The number of nitrogens with two attached hydrogens (primary N) is 1. The van der Waals surface area contributed by atoms with Crippen molar-refractivity contribution in [3.8, 4) is 11.8 Å². The number of aromatic nitrogens is 1. The molecule has 1 heterocycles. The summed E-state index contributed by atoms with van der Waals surface area (Å²) in [6.45, 7) is 0. The standard InChI is InChI=1S/C7H4F3N3O2/c8-7(9,10)15-4-1-3(2-11)13-6(14)5(4)12/h1H,12H2,(H,13,14). The Kier molecular flexibility index (Phi) is 2.57. The SMILES string of the molecule is N#Cc1cc(OC(F)(F)F)c(N)c(=O)[nH]1. The first-order chi connectivity index (χ1) is 6.83. The van der Waals surface area contributed by atoms with Gasteiger partial charge in [0.15, 0.2) is 5.75 Å². The number of H-pyrrole nitrogens is 1. The van der Waals surface area contributed by atoms with Crippen LogP contribution in [0.1, 0.15) is 5.69 Å². The summed E-state index contributed by atoms with van der Waals surface area (Å²) in [6.07, 6.45) is -4.96. The molecule has 5 nitrogen and oxygen atoms in total. The van der Waals surface area contributed by atoms with Crippen molar-refractivity contribution in [1.82, 2.24) is 4.98 Å². The summed E-state index contributed by atoms with van der Waals surface area (Å²) < 4.78 is 38.9. The number of nitrogens with zero attached hydrogens (tertiary/aromatic N) is 1. The molecule has 1 aromatic heterocycles. The number of nitriles is 1. The third-order valence-corrected chi connectivity index (χ3v) is 1.38. The molecule has 0 aliphatic heterocycles. The Hall–Kier alpha value is -2.17. The van der Waals surface area contributed by atoms with Crippen LogP contribution in [0.3, 0.4) is 0 Å². The number of ether oxygens (including phenoxy) is 1. The Bertz CT molecular complexity index is 472. The van der Waals surface area contributed by atoms with Gasteiger partial charge in [-0.2, -0.15) is 5.26 Å². The number of hydrogen-bond acceptors (Lipinski definition) is 4. The molecule has 0 saturated carbocycles. The minimum Gasteiger partial charge on any atom is -0.403 e. The maximum atomic E-state index is 11.8. The van der Waals surface area contributed by atoms with Crippen LogP contribution in [-0.4, -0.2) is 11.3 Å². The van der Waals surface area contributed by atoms with Crippen molar-refractivity contribution in [1.29, 1.82) is 5.26 Å². The number of nitrogen functional groups attached to an aromatic ring is 1. The lowest BCUT2D eigenvalue weighted by atomic mass is 10.3. The zero-order valence-electron chi connectivity index (χ0n) is 7.05. The fourth-order valence-corrected chi connectivity index (χ4v) is 0.816. The fraction of sp³-hybridized carbons (Fsp3) is 0.143. The average molecular weight is 219 g/mol. The molecule has 8 heteroatoms. The predicted molar refractivity (Wildman–Crippen MR) is 42.9 cm³/mol. The van der Waals surface area contributed by atoms with Crippen molar-refractivity contribution in [2.45, 2.75) is 6.36 Å². The van der Waals surface area contributed by atoms with E-state index in [1.165, 1.54) is 6.07 Å². The molecule has 3 N–H and O–H groups in total. The summed E-state index contributed by atoms with van der Waals surface area (Å²) in [5, 5.41) is 8.38. The summed E-state index contributed by atoms with van der Waals surface area (Å²) in [4.78, 5) is 12.9. The minimum absolute atomic E-state index is 0.367. The van der Waals surface area contributed by atoms with Gasteiger partial charge in [0.2, 0.25) is 0 Å². The summed E-state index contributed by atoms with van der Waals surface area (Å²) in [5.41, 5.74) is 2.93. The second-order valence-corrected chi connectivity index (χ2v) is 2.45. The number of hydrogen-bond donors (Lipinski definition) is 2. The van der Waals surface area contributed by atoms with Crippen molar-refractivity contribution in [3.05, 3.63) is 22.1 Å². The van der Waals surface area contributed by atoms with E-state index in [1.54, 1.807) is 0 Å². The molecule has 0 amide bonds. The second-order valence-electron chi connectivity index (χ2n) is 2.45. The third kappa shape index (κ3) is 2.63. The van der Waals surface area contributed by atoms with Gasteiger partial charge in [0.25, 0.3) is 5.56 Å². The van der Waals surface area contributed by atoms with Crippen LogP contribution in [0, 0.1) is 11.3 Å². The topological polar surface area (TPSA) is 91.9 Å². The lowest BCUT2D eigenvalue weighted by Crippen LogP contribution is -2.22. The first kappa shape index (κ1) is 10.9. The fourth-order valence-electron chi connectivity index (χ4n) is 0.816. The first-order valence-electron chi connectivity index (χ1n) is 3.52. The Morgan fingerprint density at radius 1 is 1.53 bits per heavy atom. The van der Waals surface area contributed by atoms with Crippen molar-refractivity contribution < 1.29 is 17.9 Å². The van der Waals surface area contributed by atoms with Crippen molar-refractivity contribution in [2.75, 3.05) is 5.73 Å². The Balaban J connectivity index is 3.24. The quantitative estimate of drug-likeness (QED) is 0.728. The number of pyridine rings is 1. The van der Waals surface area contributed by atoms with E-state index in [0.29, 0.717) is 6.07 Å². The maximum absolute atomic E-state index is 11.8. The van der Waals surface area contributed by atoms with Gasteiger partial charge in [0, 0.05) is 6.07 Å². The highest BCUT2D eigenvalue weighted by Gasteiger charge is 2.32. The van der Waals surface area contributed by atoms with Gasteiger partial charge in [-0.1, -0.05) is 0 Å². The van der Waals surface area contributed by atoms with Gasteiger partial charge in [0.05, 0.1) is 0 Å². The zero-order chi connectivity index (χ0) is 11.6. The van der Waals surface area contributed by atoms with Gasteiger partial charge in [-0.15, -0.1) is 13.2 Å². The summed E-state index contributed by atoms with van der Waals surface area (Å²) in [6, 6.07) is 2.16. The molecule has 0 saturated heterocycles. The number of aromatic amines is 1. The largest absolute Gasteiger partial charge is 0.573 e.